The first-order chi connectivity index (χ1) is 10.2. The molecule has 0 spiro atoms. The van der Waals surface area contributed by atoms with E-state index in [9.17, 15) is 0 Å². The standard InChI is InChI=1S/C18H28N2O/c1-13-11-14(6-9-17(13)21-3)18-15(5-4-10-20(18)2)12-19-16-7-8-16/h6,9,11,15-16,18-19H,4-5,7-8,10,12H2,1-3H3. The maximum Gasteiger partial charge on any atom is 0.121 e. The number of aryl methyl sites for hydroxylation is 1. The second-order valence-corrected chi connectivity index (χ2v) is 6.74. The summed E-state index contributed by atoms with van der Waals surface area (Å²) in [6, 6.07) is 8.03. The fourth-order valence-corrected chi connectivity index (χ4v) is 3.69. The van der Waals surface area contributed by atoms with Gasteiger partial charge in [-0.05, 0) is 69.3 Å². The maximum atomic E-state index is 5.40. The first-order valence-corrected chi connectivity index (χ1v) is 8.27. The Morgan fingerprint density at radius 3 is 2.76 bits per heavy atom. The van der Waals surface area contributed by atoms with Crippen molar-refractivity contribution in [2.24, 2.45) is 5.92 Å². The van der Waals surface area contributed by atoms with Crippen LogP contribution in [0.25, 0.3) is 0 Å². The van der Waals surface area contributed by atoms with Gasteiger partial charge in [0, 0.05) is 18.6 Å². The summed E-state index contributed by atoms with van der Waals surface area (Å²) in [5.74, 6) is 1.71. The molecule has 3 rings (SSSR count). The van der Waals surface area contributed by atoms with E-state index in [1.807, 2.05) is 0 Å². The van der Waals surface area contributed by atoms with Crippen LogP contribution in [0.2, 0.25) is 0 Å². The van der Waals surface area contributed by atoms with E-state index in [-0.39, 0.29) is 0 Å². The Morgan fingerprint density at radius 1 is 1.29 bits per heavy atom. The molecule has 1 aliphatic carbocycles. The number of methoxy groups -OCH3 is 1. The van der Waals surface area contributed by atoms with Crippen LogP contribution in [0.15, 0.2) is 18.2 Å². The zero-order valence-electron chi connectivity index (χ0n) is 13.6. The molecule has 2 unspecified atom stereocenters. The Labute approximate surface area is 128 Å². The molecule has 1 aromatic carbocycles. The van der Waals surface area contributed by atoms with E-state index in [1.54, 1.807) is 7.11 Å². The highest BCUT2D eigenvalue weighted by Crippen LogP contribution is 2.36. The molecule has 0 radical (unpaired) electrons. The fourth-order valence-electron chi connectivity index (χ4n) is 3.69. The summed E-state index contributed by atoms with van der Waals surface area (Å²) < 4.78 is 5.40. The van der Waals surface area contributed by atoms with Gasteiger partial charge in [0.1, 0.15) is 5.75 Å². The monoisotopic (exact) mass is 288 g/mol. The molecule has 1 aliphatic heterocycles. The zero-order chi connectivity index (χ0) is 14.8. The van der Waals surface area contributed by atoms with Crippen molar-refractivity contribution in [2.45, 2.75) is 44.7 Å². The van der Waals surface area contributed by atoms with Gasteiger partial charge in [0.2, 0.25) is 0 Å². The summed E-state index contributed by atoms with van der Waals surface area (Å²) in [4.78, 5) is 2.53. The van der Waals surface area contributed by atoms with E-state index in [0.717, 1.165) is 24.3 Å². The van der Waals surface area contributed by atoms with E-state index in [0.29, 0.717) is 6.04 Å². The third-order valence-electron chi connectivity index (χ3n) is 5.01. The summed E-state index contributed by atoms with van der Waals surface area (Å²) in [7, 11) is 4.02. The van der Waals surface area contributed by atoms with Gasteiger partial charge < -0.3 is 10.1 Å². The van der Waals surface area contributed by atoms with Crippen molar-refractivity contribution in [3.63, 3.8) is 0 Å². The number of ether oxygens (including phenoxy) is 1. The number of piperidine rings is 1. The Morgan fingerprint density at radius 2 is 2.10 bits per heavy atom. The Bertz CT molecular complexity index is 484. The van der Waals surface area contributed by atoms with Crippen LogP contribution in [0.3, 0.4) is 0 Å². The van der Waals surface area contributed by atoms with Gasteiger partial charge >= 0.3 is 0 Å². The van der Waals surface area contributed by atoms with Gasteiger partial charge in [-0.15, -0.1) is 0 Å². The summed E-state index contributed by atoms with van der Waals surface area (Å²) in [5.41, 5.74) is 2.68. The lowest BCUT2D eigenvalue weighted by atomic mass is 9.84. The van der Waals surface area contributed by atoms with E-state index in [2.05, 4.69) is 42.4 Å². The normalized spacial score (nSPS) is 26.8. The minimum Gasteiger partial charge on any atom is -0.496 e. The Kier molecular flexibility index (Phi) is 4.51. The predicted molar refractivity (Wildman–Crippen MR) is 86.9 cm³/mol. The molecule has 1 saturated heterocycles. The van der Waals surface area contributed by atoms with Gasteiger partial charge in [-0.3, -0.25) is 4.90 Å². The largest absolute Gasteiger partial charge is 0.496 e. The van der Waals surface area contributed by atoms with Crippen LogP contribution in [-0.4, -0.2) is 38.2 Å². The van der Waals surface area contributed by atoms with Crippen molar-refractivity contribution < 1.29 is 4.74 Å². The van der Waals surface area contributed by atoms with Crippen LogP contribution in [0.5, 0.6) is 5.75 Å². The number of benzene rings is 1. The maximum absolute atomic E-state index is 5.40. The lowest BCUT2D eigenvalue weighted by Crippen LogP contribution is -2.41. The molecule has 1 heterocycles. The minimum atomic E-state index is 0.537. The van der Waals surface area contributed by atoms with E-state index in [4.69, 9.17) is 4.74 Å². The van der Waals surface area contributed by atoms with Crippen LogP contribution >= 0.6 is 0 Å². The van der Waals surface area contributed by atoms with Gasteiger partial charge in [0.05, 0.1) is 7.11 Å². The van der Waals surface area contributed by atoms with Crippen LogP contribution in [-0.2, 0) is 0 Å². The van der Waals surface area contributed by atoms with Crippen molar-refractivity contribution in [1.29, 1.82) is 0 Å². The minimum absolute atomic E-state index is 0.537. The second kappa shape index (κ2) is 6.37. The summed E-state index contributed by atoms with van der Waals surface area (Å²) >= 11 is 0. The number of rotatable bonds is 5. The first kappa shape index (κ1) is 14.9. The lowest BCUT2D eigenvalue weighted by molar-refractivity contribution is 0.119. The molecule has 2 fully saturated rings. The average Bonchev–Trinajstić information content (AvgIpc) is 3.29. The quantitative estimate of drug-likeness (QED) is 0.901. The van der Waals surface area contributed by atoms with Gasteiger partial charge in [0.15, 0.2) is 0 Å². The molecule has 2 aliphatic rings. The predicted octanol–water partition coefficient (Wildman–Crippen LogP) is 3.14. The fraction of sp³-hybridized carbons (Fsp3) is 0.667. The smallest absolute Gasteiger partial charge is 0.121 e. The van der Waals surface area contributed by atoms with Gasteiger partial charge in [0.25, 0.3) is 0 Å². The van der Waals surface area contributed by atoms with Crippen molar-refractivity contribution >= 4 is 0 Å². The number of likely N-dealkylation sites (tertiary alicyclic amines) is 1. The molecule has 0 bridgehead atoms. The highest BCUT2D eigenvalue weighted by molar-refractivity contribution is 5.37. The summed E-state index contributed by atoms with van der Waals surface area (Å²) in [6.07, 6.45) is 5.39. The average molecular weight is 288 g/mol. The molecule has 1 aromatic rings. The van der Waals surface area contributed by atoms with Crippen LogP contribution in [0.1, 0.15) is 42.9 Å². The van der Waals surface area contributed by atoms with Crippen LogP contribution < -0.4 is 10.1 Å². The van der Waals surface area contributed by atoms with Crippen molar-refractivity contribution in [3.8, 4) is 5.75 Å². The molecule has 3 heteroatoms. The van der Waals surface area contributed by atoms with Crippen molar-refractivity contribution in [2.75, 3.05) is 27.2 Å². The third kappa shape index (κ3) is 3.41. The molecule has 21 heavy (non-hydrogen) atoms. The first-order valence-electron chi connectivity index (χ1n) is 8.27. The Hall–Kier alpha value is -1.06. The third-order valence-corrected chi connectivity index (χ3v) is 5.01. The number of nitrogens with one attached hydrogen (secondary N) is 1. The van der Waals surface area contributed by atoms with Crippen LogP contribution in [0, 0.1) is 12.8 Å². The molecule has 0 amide bonds. The molecule has 0 aromatic heterocycles. The van der Waals surface area contributed by atoms with E-state index >= 15 is 0 Å². The van der Waals surface area contributed by atoms with Crippen molar-refractivity contribution in [3.05, 3.63) is 29.3 Å². The topological polar surface area (TPSA) is 24.5 Å². The molecule has 116 valence electrons. The molecule has 2 atom stereocenters. The summed E-state index contributed by atoms with van der Waals surface area (Å²) in [5, 5.41) is 3.73. The second-order valence-electron chi connectivity index (χ2n) is 6.74. The van der Waals surface area contributed by atoms with E-state index in [1.165, 1.54) is 43.4 Å². The van der Waals surface area contributed by atoms with Gasteiger partial charge in [-0.1, -0.05) is 12.1 Å². The number of nitrogens with zero attached hydrogens (tertiary/aromatic N) is 1. The lowest BCUT2D eigenvalue weighted by Gasteiger charge is -2.40. The highest BCUT2D eigenvalue weighted by Gasteiger charge is 2.32. The van der Waals surface area contributed by atoms with Gasteiger partial charge in [-0.2, -0.15) is 0 Å². The Balaban J connectivity index is 1.78. The highest BCUT2D eigenvalue weighted by atomic mass is 16.5. The number of hydrogen-bond donors (Lipinski definition) is 1. The number of hydrogen-bond acceptors (Lipinski definition) is 3. The summed E-state index contributed by atoms with van der Waals surface area (Å²) in [6.45, 7) is 4.50. The SMILES string of the molecule is COc1ccc(C2C(CNC3CC3)CCCN2C)cc1C. The van der Waals surface area contributed by atoms with Gasteiger partial charge in [-0.25, -0.2) is 0 Å². The molecule has 3 nitrogen and oxygen atoms in total. The molecule has 1 N–H and O–H groups in total. The zero-order valence-corrected chi connectivity index (χ0v) is 13.6. The molecular weight excluding hydrogens is 260 g/mol. The van der Waals surface area contributed by atoms with E-state index < -0.39 is 0 Å². The van der Waals surface area contributed by atoms with Crippen molar-refractivity contribution in [1.82, 2.24) is 10.2 Å². The molecule has 1 saturated carbocycles. The molecular formula is C18H28N2O. The van der Waals surface area contributed by atoms with Crippen LogP contribution in [0.4, 0.5) is 0 Å².